The fraction of sp³-hybridized carbons (Fsp3) is 1.00. The van der Waals surface area contributed by atoms with Crippen LogP contribution in [0.25, 0.3) is 0 Å². The van der Waals surface area contributed by atoms with Crippen LogP contribution in [0, 0.1) is 0 Å². The molecule has 0 aromatic rings. The fourth-order valence-electron chi connectivity index (χ4n) is 2.44. The summed E-state index contributed by atoms with van der Waals surface area (Å²) in [4.78, 5) is 0. The summed E-state index contributed by atoms with van der Waals surface area (Å²) in [6.45, 7) is 3.16. The number of rotatable bonds is 2. The summed E-state index contributed by atoms with van der Waals surface area (Å²) in [5.41, 5.74) is 5.99. The molecule has 2 rings (SSSR count). The molecule has 2 aliphatic rings. The van der Waals surface area contributed by atoms with Gasteiger partial charge in [0.25, 0.3) is 0 Å². The smallest absolute Gasteiger partial charge is 0.0666 e. The first-order valence-electron chi connectivity index (χ1n) is 5.78. The maximum Gasteiger partial charge on any atom is 0.0666 e. The lowest BCUT2D eigenvalue weighted by Gasteiger charge is -2.28. The van der Waals surface area contributed by atoms with Gasteiger partial charge in [-0.1, -0.05) is 6.42 Å². The third-order valence-electron chi connectivity index (χ3n) is 3.34. The van der Waals surface area contributed by atoms with Crippen molar-refractivity contribution in [2.75, 3.05) is 6.61 Å². The molecule has 2 fully saturated rings. The monoisotopic (exact) mass is 215 g/mol. The minimum atomic E-state index is 0.457. The summed E-state index contributed by atoms with van der Waals surface area (Å²) < 4.78 is 5.58. The van der Waals surface area contributed by atoms with Gasteiger partial charge in [-0.3, -0.25) is 0 Å². The third kappa shape index (κ3) is 2.65. The normalized spacial score (nSPS) is 44.1. The predicted molar refractivity (Wildman–Crippen MR) is 61.6 cm³/mol. The Morgan fingerprint density at radius 2 is 2.14 bits per heavy atom. The van der Waals surface area contributed by atoms with Crippen molar-refractivity contribution in [1.82, 2.24) is 0 Å². The van der Waals surface area contributed by atoms with Gasteiger partial charge in [-0.15, -0.1) is 0 Å². The number of hydrogen-bond acceptors (Lipinski definition) is 3. The minimum Gasteiger partial charge on any atom is -0.377 e. The SMILES string of the molecule is CC1OCCC1SC1CCCC(N)C1. The Balaban J connectivity index is 1.78. The minimum absolute atomic E-state index is 0.457. The standard InChI is InChI=1S/C11H21NOS/c1-8-11(5-6-13-8)14-10-4-2-3-9(12)7-10/h8-11H,2-7,12H2,1H3. The quantitative estimate of drug-likeness (QED) is 0.766. The molecule has 1 heterocycles. The van der Waals surface area contributed by atoms with Crippen LogP contribution in [0.15, 0.2) is 0 Å². The van der Waals surface area contributed by atoms with Crippen molar-refractivity contribution in [1.29, 1.82) is 0 Å². The van der Waals surface area contributed by atoms with E-state index in [4.69, 9.17) is 10.5 Å². The predicted octanol–water partition coefficient (Wildman–Crippen LogP) is 2.17. The van der Waals surface area contributed by atoms with Crippen LogP contribution in [-0.2, 0) is 4.74 Å². The second kappa shape index (κ2) is 4.86. The summed E-state index contributed by atoms with van der Waals surface area (Å²) in [6, 6.07) is 0.457. The van der Waals surface area contributed by atoms with Gasteiger partial charge in [0.15, 0.2) is 0 Å². The van der Waals surface area contributed by atoms with Crippen molar-refractivity contribution in [3.8, 4) is 0 Å². The van der Waals surface area contributed by atoms with E-state index in [1.807, 2.05) is 0 Å². The highest BCUT2D eigenvalue weighted by molar-refractivity contribution is 8.00. The first-order chi connectivity index (χ1) is 6.75. The van der Waals surface area contributed by atoms with Crippen molar-refractivity contribution in [2.45, 2.75) is 61.7 Å². The zero-order valence-electron chi connectivity index (χ0n) is 8.95. The molecule has 1 saturated heterocycles. The van der Waals surface area contributed by atoms with E-state index in [1.165, 1.54) is 32.1 Å². The van der Waals surface area contributed by atoms with E-state index in [1.54, 1.807) is 0 Å². The molecule has 3 heteroatoms. The van der Waals surface area contributed by atoms with Gasteiger partial charge in [-0.2, -0.15) is 11.8 Å². The first-order valence-corrected chi connectivity index (χ1v) is 6.72. The highest BCUT2D eigenvalue weighted by atomic mass is 32.2. The van der Waals surface area contributed by atoms with Crippen molar-refractivity contribution >= 4 is 11.8 Å². The van der Waals surface area contributed by atoms with Gasteiger partial charge in [-0.05, 0) is 32.6 Å². The molecule has 1 saturated carbocycles. The Morgan fingerprint density at radius 3 is 2.79 bits per heavy atom. The molecule has 0 spiro atoms. The lowest BCUT2D eigenvalue weighted by Crippen LogP contribution is -2.31. The number of ether oxygens (including phenoxy) is 1. The van der Waals surface area contributed by atoms with E-state index in [2.05, 4.69) is 18.7 Å². The van der Waals surface area contributed by atoms with E-state index in [0.717, 1.165) is 17.1 Å². The van der Waals surface area contributed by atoms with Gasteiger partial charge >= 0.3 is 0 Å². The number of thioether (sulfide) groups is 1. The van der Waals surface area contributed by atoms with Crippen LogP contribution in [0.1, 0.15) is 39.0 Å². The Bertz CT molecular complexity index is 188. The average Bonchev–Trinajstić information content (AvgIpc) is 2.52. The topological polar surface area (TPSA) is 35.2 Å². The van der Waals surface area contributed by atoms with Crippen molar-refractivity contribution in [3.05, 3.63) is 0 Å². The lowest BCUT2D eigenvalue weighted by molar-refractivity contribution is 0.127. The van der Waals surface area contributed by atoms with Crippen molar-refractivity contribution in [2.24, 2.45) is 5.73 Å². The van der Waals surface area contributed by atoms with Gasteiger partial charge in [0.1, 0.15) is 0 Å². The second-order valence-electron chi connectivity index (χ2n) is 4.59. The molecule has 0 amide bonds. The van der Waals surface area contributed by atoms with E-state index in [9.17, 15) is 0 Å². The molecule has 0 aromatic heterocycles. The van der Waals surface area contributed by atoms with Crippen LogP contribution in [-0.4, -0.2) is 29.3 Å². The Labute approximate surface area is 91.0 Å². The van der Waals surface area contributed by atoms with E-state index in [-0.39, 0.29) is 0 Å². The van der Waals surface area contributed by atoms with Crippen molar-refractivity contribution < 1.29 is 4.74 Å². The van der Waals surface area contributed by atoms with Gasteiger partial charge in [0, 0.05) is 23.1 Å². The Kier molecular flexibility index (Phi) is 3.74. The van der Waals surface area contributed by atoms with Crippen LogP contribution in [0.4, 0.5) is 0 Å². The third-order valence-corrected chi connectivity index (χ3v) is 5.12. The fourth-order valence-corrected chi connectivity index (χ4v) is 4.13. The van der Waals surface area contributed by atoms with Gasteiger partial charge in [-0.25, -0.2) is 0 Å². The molecule has 4 unspecified atom stereocenters. The highest BCUT2D eigenvalue weighted by Crippen LogP contribution is 2.35. The Morgan fingerprint density at radius 1 is 1.29 bits per heavy atom. The van der Waals surface area contributed by atoms with Crippen molar-refractivity contribution in [3.63, 3.8) is 0 Å². The van der Waals surface area contributed by atoms with Crippen LogP contribution < -0.4 is 5.73 Å². The maximum atomic E-state index is 5.99. The van der Waals surface area contributed by atoms with Crippen LogP contribution >= 0.6 is 11.8 Å². The molecule has 82 valence electrons. The van der Waals surface area contributed by atoms with Gasteiger partial charge in [0.05, 0.1) is 6.10 Å². The molecule has 14 heavy (non-hydrogen) atoms. The molecule has 0 bridgehead atoms. The zero-order chi connectivity index (χ0) is 9.97. The molecule has 2 N–H and O–H groups in total. The summed E-state index contributed by atoms with van der Waals surface area (Å²) in [6.07, 6.45) is 6.82. The molecule has 0 radical (unpaired) electrons. The second-order valence-corrected chi connectivity index (χ2v) is 6.13. The molecule has 1 aliphatic heterocycles. The van der Waals surface area contributed by atoms with Crippen LogP contribution in [0.5, 0.6) is 0 Å². The van der Waals surface area contributed by atoms with E-state index in [0.29, 0.717) is 12.1 Å². The summed E-state index contributed by atoms with van der Waals surface area (Å²) >= 11 is 2.13. The molecule has 2 nitrogen and oxygen atoms in total. The first kappa shape index (κ1) is 10.8. The number of hydrogen-bond donors (Lipinski definition) is 1. The maximum absolute atomic E-state index is 5.99. The zero-order valence-corrected chi connectivity index (χ0v) is 9.76. The average molecular weight is 215 g/mol. The molecule has 4 atom stereocenters. The van der Waals surface area contributed by atoms with Gasteiger partial charge < -0.3 is 10.5 Å². The van der Waals surface area contributed by atoms with E-state index < -0.39 is 0 Å². The van der Waals surface area contributed by atoms with E-state index >= 15 is 0 Å². The largest absolute Gasteiger partial charge is 0.377 e. The summed E-state index contributed by atoms with van der Waals surface area (Å²) in [7, 11) is 0. The van der Waals surface area contributed by atoms with Crippen LogP contribution in [0.3, 0.4) is 0 Å². The number of nitrogens with two attached hydrogens (primary N) is 1. The molecular formula is C11H21NOS. The van der Waals surface area contributed by atoms with Gasteiger partial charge in [0.2, 0.25) is 0 Å². The molecular weight excluding hydrogens is 194 g/mol. The highest BCUT2D eigenvalue weighted by Gasteiger charge is 2.29. The lowest BCUT2D eigenvalue weighted by atomic mass is 9.96. The Hall–Kier alpha value is 0.270. The summed E-state index contributed by atoms with van der Waals surface area (Å²) in [5.74, 6) is 0. The summed E-state index contributed by atoms with van der Waals surface area (Å²) in [5, 5.41) is 1.53. The van der Waals surface area contributed by atoms with Crippen LogP contribution in [0.2, 0.25) is 0 Å². The molecule has 1 aliphatic carbocycles. The molecule has 0 aromatic carbocycles.